The molecule has 126 valence electrons. The molecule has 0 fully saturated rings. The van der Waals surface area contributed by atoms with Gasteiger partial charge in [-0.2, -0.15) is 0 Å². The minimum Gasteiger partial charge on any atom is -0.481 e. The van der Waals surface area contributed by atoms with Crippen molar-refractivity contribution in [3.8, 4) is 18.1 Å². The third-order valence-electron chi connectivity index (χ3n) is 3.41. The first kappa shape index (κ1) is 17.9. The fourth-order valence-corrected chi connectivity index (χ4v) is 3.09. The first-order chi connectivity index (χ1) is 11.7. The molecule has 0 aliphatic carbocycles. The van der Waals surface area contributed by atoms with E-state index in [2.05, 4.69) is 22.6 Å². The zero-order valence-corrected chi connectivity index (χ0v) is 14.6. The lowest BCUT2D eigenvalue weighted by Gasteiger charge is -2.14. The standard InChI is InChI=1S/C19H22N2O2S/c1-3-12-23-17-8-6-16(7-9-17)10-11-20-19(22)21-15(2)14-18-5-4-13-24-18/h1,4-9,13,15H,10-12,14H2,2H3,(H2,20,21,22). The SMILES string of the molecule is C#CCOc1ccc(CCNC(=O)NC(C)Cc2cccs2)cc1. The monoisotopic (exact) mass is 342 g/mol. The molecule has 0 saturated heterocycles. The van der Waals surface area contributed by atoms with Crippen molar-refractivity contribution in [2.24, 2.45) is 0 Å². The number of amides is 2. The average Bonchev–Trinajstić information content (AvgIpc) is 3.06. The van der Waals surface area contributed by atoms with Crippen LogP contribution in [0.25, 0.3) is 0 Å². The Morgan fingerprint density at radius 3 is 2.79 bits per heavy atom. The molecule has 1 atom stereocenters. The topological polar surface area (TPSA) is 50.4 Å². The van der Waals surface area contributed by atoms with Crippen molar-refractivity contribution in [1.29, 1.82) is 0 Å². The summed E-state index contributed by atoms with van der Waals surface area (Å²) < 4.78 is 5.32. The Labute approximate surface area is 147 Å². The molecule has 2 N–H and O–H groups in total. The second-order valence-electron chi connectivity index (χ2n) is 5.47. The molecule has 0 aliphatic heterocycles. The maximum absolute atomic E-state index is 11.9. The Morgan fingerprint density at radius 1 is 1.33 bits per heavy atom. The van der Waals surface area contributed by atoms with E-state index < -0.39 is 0 Å². The number of ether oxygens (including phenoxy) is 1. The van der Waals surface area contributed by atoms with E-state index in [1.165, 1.54) is 4.88 Å². The number of carbonyl (C=O) groups is 1. The van der Waals surface area contributed by atoms with E-state index in [0.29, 0.717) is 6.54 Å². The second kappa shape index (κ2) is 9.64. The average molecular weight is 342 g/mol. The number of hydrogen-bond acceptors (Lipinski definition) is 3. The van der Waals surface area contributed by atoms with Crippen LogP contribution in [-0.2, 0) is 12.8 Å². The molecule has 1 unspecified atom stereocenters. The van der Waals surface area contributed by atoms with Crippen LogP contribution in [0, 0.1) is 12.3 Å². The summed E-state index contributed by atoms with van der Waals surface area (Å²) in [7, 11) is 0. The van der Waals surface area contributed by atoms with Crippen molar-refractivity contribution in [2.75, 3.05) is 13.2 Å². The van der Waals surface area contributed by atoms with Crippen molar-refractivity contribution in [1.82, 2.24) is 10.6 Å². The quantitative estimate of drug-likeness (QED) is 0.724. The molecule has 1 aromatic carbocycles. The molecule has 2 aromatic rings. The van der Waals surface area contributed by atoms with Crippen LogP contribution in [0.3, 0.4) is 0 Å². The zero-order valence-electron chi connectivity index (χ0n) is 13.7. The number of hydrogen-bond donors (Lipinski definition) is 2. The Kier molecular flexibility index (Phi) is 7.19. The van der Waals surface area contributed by atoms with Gasteiger partial charge in [0.05, 0.1) is 0 Å². The van der Waals surface area contributed by atoms with Gasteiger partial charge in [0.2, 0.25) is 0 Å². The number of thiophene rings is 1. The lowest BCUT2D eigenvalue weighted by Crippen LogP contribution is -2.42. The van der Waals surface area contributed by atoms with Crippen LogP contribution in [0.4, 0.5) is 4.79 Å². The Balaban J connectivity index is 1.65. The van der Waals surface area contributed by atoms with Gasteiger partial charge in [-0.05, 0) is 42.5 Å². The van der Waals surface area contributed by atoms with E-state index in [9.17, 15) is 4.79 Å². The van der Waals surface area contributed by atoms with Gasteiger partial charge >= 0.3 is 6.03 Å². The molecule has 0 saturated carbocycles. The summed E-state index contributed by atoms with van der Waals surface area (Å²) in [5.41, 5.74) is 1.13. The number of terminal acetylenes is 1. The summed E-state index contributed by atoms with van der Waals surface area (Å²) in [5.74, 6) is 3.19. The maximum Gasteiger partial charge on any atom is 0.315 e. The number of rotatable bonds is 8. The molecular formula is C19H22N2O2S. The molecule has 0 radical (unpaired) electrons. The van der Waals surface area contributed by atoms with Crippen molar-refractivity contribution in [2.45, 2.75) is 25.8 Å². The number of urea groups is 1. The number of benzene rings is 1. The van der Waals surface area contributed by atoms with Crippen molar-refractivity contribution in [3.63, 3.8) is 0 Å². The fraction of sp³-hybridized carbons (Fsp3) is 0.316. The van der Waals surface area contributed by atoms with Gasteiger partial charge in [0.15, 0.2) is 0 Å². The van der Waals surface area contributed by atoms with Crippen molar-refractivity contribution >= 4 is 17.4 Å². The van der Waals surface area contributed by atoms with Gasteiger partial charge in [-0.25, -0.2) is 4.79 Å². The second-order valence-corrected chi connectivity index (χ2v) is 6.50. The molecule has 1 heterocycles. The minimum atomic E-state index is -0.131. The van der Waals surface area contributed by atoms with Crippen molar-refractivity contribution in [3.05, 3.63) is 52.2 Å². The van der Waals surface area contributed by atoms with E-state index in [1.54, 1.807) is 11.3 Å². The van der Waals surface area contributed by atoms with Crippen LogP contribution in [0.2, 0.25) is 0 Å². The Bertz CT molecular complexity index is 660. The van der Waals surface area contributed by atoms with Crippen molar-refractivity contribution < 1.29 is 9.53 Å². The molecular weight excluding hydrogens is 320 g/mol. The van der Waals surface area contributed by atoms with E-state index in [1.807, 2.05) is 42.6 Å². The van der Waals surface area contributed by atoms with Crippen LogP contribution in [-0.4, -0.2) is 25.2 Å². The Hall–Kier alpha value is -2.45. The number of carbonyl (C=O) groups excluding carboxylic acids is 1. The van der Waals surface area contributed by atoms with E-state index in [-0.39, 0.29) is 18.7 Å². The maximum atomic E-state index is 11.9. The fourth-order valence-electron chi connectivity index (χ4n) is 2.25. The third-order valence-corrected chi connectivity index (χ3v) is 4.31. The molecule has 4 nitrogen and oxygen atoms in total. The molecule has 24 heavy (non-hydrogen) atoms. The highest BCUT2D eigenvalue weighted by Crippen LogP contribution is 2.12. The summed E-state index contributed by atoms with van der Waals surface area (Å²) in [5, 5.41) is 7.89. The van der Waals surface area contributed by atoms with Gasteiger partial charge in [-0.15, -0.1) is 17.8 Å². The first-order valence-electron chi connectivity index (χ1n) is 7.89. The smallest absolute Gasteiger partial charge is 0.315 e. The van der Waals surface area contributed by atoms with E-state index in [4.69, 9.17) is 11.2 Å². The lowest BCUT2D eigenvalue weighted by molar-refractivity contribution is 0.238. The molecule has 0 bridgehead atoms. The van der Waals surface area contributed by atoms with Gasteiger partial charge in [0.1, 0.15) is 12.4 Å². The lowest BCUT2D eigenvalue weighted by atomic mass is 10.1. The summed E-state index contributed by atoms with van der Waals surface area (Å²) in [6.07, 6.45) is 6.77. The first-order valence-corrected chi connectivity index (χ1v) is 8.77. The zero-order chi connectivity index (χ0) is 17.2. The van der Waals surface area contributed by atoms with Gasteiger partial charge in [-0.1, -0.05) is 24.1 Å². The van der Waals surface area contributed by atoms with E-state index >= 15 is 0 Å². The predicted molar refractivity (Wildman–Crippen MR) is 98.5 cm³/mol. The third kappa shape index (κ3) is 6.35. The highest BCUT2D eigenvalue weighted by Gasteiger charge is 2.08. The molecule has 0 aliphatic rings. The summed E-state index contributed by atoms with van der Waals surface area (Å²) in [4.78, 5) is 13.2. The van der Waals surface area contributed by atoms with Gasteiger partial charge < -0.3 is 15.4 Å². The molecule has 1 aromatic heterocycles. The highest BCUT2D eigenvalue weighted by molar-refractivity contribution is 7.09. The summed E-state index contributed by atoms with van der Waals surface area (Å²) >= 11 is 1.71. The molecule has 5 heteroatoms. The summed E-state index contributed by atoms with van der Waals surface area (Å²) in [6, 6.07) is 11.8. The molecule has 2 rings (SSSR count). The summed E-state index contributed by atoms with van der Waals surface area (Å²) in [6.45, 7) is 2.86. The molecule has 0 spiro atoms. The van der Waals surface area contributed by atoms with Crippen LogP contribution in [0.1, 0.15) is 17.4 Å². The number of nitrogens with one attached hydrogen (secondary N) is 2. The van der Waals surface area contributed by atoms with Crippen LogP contribution in [0.15, 0.2) is 41.8 Å². The highest BCUT2D eigenvalue weighted by atomic mass is 32.1. The van der Waals surface area contributed by atoms with Crippen LogP contribution in [0.5, 0.6) is 5.75 Å². The minimum absolute atomic E-state index is 0.108. The molecule has 2 amide bonds. The largest absolute Gasteiger partial charge is 0.481 e. The normalized spacial score (nSPS) is 11.3. The predicted octanol–water partition coefficient (Wildman–Crippen LogP) is 3.23. The van der Waals surface area contributed by atoms with Gasteiger partial charge in [0.25, 0.3) is 0 Å². The Morgan fingerprint density at radius 2 is 2.12 bits per heavy atom. The van der Waals surface area contributed by atoms with Crippen LogP contribution < -0.4 is 15.4 Å². The van der Waals surface area contributed by atoms with Gasteiger partial charge in [-0.3, -0.25) is 0 Å². The van der Waals surface area contributed by atoms with Crippen LogP contribution >= 0.6 is 11.3 Å². The van der Waals surface area contributed by atoms with Gasteiger partial charge in [0, 0.05) is 23.9 Å². The van der Waals surface area contributed by atoms with E-state index in [0.717, 1.165) is 24.2 Å².